The lowest BCUT2D eigenvalue weighted by molar-refractivity contribution is 0.00694. The molecule has 1 rings (SSSR count). The second-order valence-corrected chi connectivity index (χ2v) is 15.6. The van der Waals surface area contributed by atoms with Crippen LogP contribution in [0, 0.1) is 0 Å². The molecule has 0 radical (unpaired) electrons. The summed E-state index contributed by atoms with van der Waals surface area (Å²) in [5.41, 5.74) is 0.746. The van der Waals surface area contributed by atoms with E-state index in [0.717, 1.165) is 24.9 Å². The van der Waals surface area contributed by atoms with Crippen LogP contribution in [0.2, 0.25) is 18.1 Å². The monoisotopic (exact) mass is 437 g/mol. The van der Waals surface area contributed by atoms with Crippen LogP contribution in [0.15, 0.2) is 24.3 Å². The molecule has 0 unspecified atom stereocenters. The number of esters is 1. The van der Waals surface area contributed by atoms with E-state index in [2.05, 4.69) is 18.7 Å². The van der Waals surface area contributed by atoms with Crippen LogP contribution in [0.1, 0.15) is 77.2 Å². The molecule has 5 nitrogen and oxygen atoms in total. The van der Waals surface area contributed by atoms with Crippen molar-refractivity contribution in [3.8, 4) is 0 Å². The Balaban J connectivity index is 2.85. The Bertz CT molecular complexity index is 685. The molecule has 0 aromatic heterocycles. The summed E-state index contributed by atoms with van der Waals surface area (Å²) in [5, 5.41) is 9.86. The molecule has 0 aliphatic rings. The van der Waals surface area contributed by atoms with Gasteiger partial charge in [-0.25, -0.2) is 4.79 Å². The maximum absolute atomic E-state index is 12.2. The van der Waals surface area contributed by atoms with Gasteiger partial charge in [0.1, 0.15) is 5.60 Å². The van der Waals surface area contributed by atoms with Crippen molar-refractivity contribution in [1.29, 1.82) is 0 Å². The fourth-order valence-electron chi connectivity index (χ4n) is 3.02. The van der Waals surface area contributed by atoms with Gasteiger partial charge in [-0.05, 0) is 89.8 Å². The summed E-state index contributed by atoms with van der Waals surface area (Å²) in [6.07, 6.45) is 1.89. The van der Waals surface area contributed by atoms with Crippen molar-refractivity contribution >= 4 is 14.3 Å². The molecular weight excluding hydrogens is 394 g/mol. The molecule has 0 bridgehead atoms. The first-order valence-electron chi connectivity index (χ1n) is 10.9. The number of carbonyl (C=O) groups is 1. The number of aliphatic hydroxyl groups excluding tert-OH is 1. The van der Waals surface area contributed by atoms with E-state index in [1.165, 1.54) is 0 Å². The molecular formula is C24H43NO4Si. The molecule has 172 valence electrons. The van der Waals surface area contributed by atoms with Crippen LogP contribution in [-0.4, -0.2) is 53.4 Å². The predicted molar refractivity (Wildman–Crippen MR) is 126 cm³/mol. The van der Waals surface area contributed by atoms with Crippen LogP contribution < -0.4 is 0 Å². The first-order valence-corrected chi connectivity index (χ1v) is 13.8. The highest BCUT2D eigenvalue weighted by Crippen LogP contribution is 2.40. The van der Waals surface area contributed by atoms with E-state index < -0.39 is 13.9 Å². The average molecular weight is 438 g/mol. The van der Waals surface area contributed by atoms with Crippen molar-refractivity contribution in [2.24, 2.45) is 0 Å². The van der Waals surface area contributed by atoms with E-state index in [4.69, 9.17) is 4.74 Å². The van der Waals surface area contributed by atoms with Crippen molar-refractivity contribution in [2.45, 2.75) is 97.1 Å². The van der Waals surface area contributed by atoms with Gasteiger partial charge in [-0.15, -0.1) is 0 Å². The third-order valence-electron chi connectivity index (χ3n) is 6.09. The van der Waals surface area contributed by atoms with E-state index in [9.17, 15) is 14.7 Å². The molecule has 2 N–H and O–H groups in total. The van der Waals surface area contributed by atoms with Gasteiger partial charge in [-0.2, -0.15) is 0 Å². The Labute approximate surface area is 184 Å². The molecule has 0 fully saturated rings. The minimum absolute atomic E-state index is 0.0584. The first-order chi connectivity index (χ1) is 13.5. The van der Waals surface area contributed by atoms with E-state index in [0.29, 0.717) is 12.1 Å². The van der Waals surface area contributed by atoms with Crippen molar-refractivity contribution in [3.63, 3.8) is 0 Å². The molecule has 30 heavy (non-hydrogen) atoms. The van der Waals surface area contributed by atoms with Crippen LogP contribution >= 0.6 is 0 Å². The normalized spacial score (nSPS) is 13.6. The summed E-state index contributed by atoms with van der Waals surface area (Å²) in [4.78, 5) is 25.0. The lowest BCUT2D eigenvalue weighted by Crippen LogP contribution is -2.47. The van der Waals surface area contributed by atoms with Gasteiger partial charge < -0.3 is 14.6 Å². The lowest BCUT2D eigenvalue weighted by atomic mass is 10.00. The molecule has 1 aromatic rings. The number of carbonyl (C=O) groups excluding carboxylic acids is 1. The van der Waals surface area contributed by atoms with Crippen molar-refractivity contribution < 1.29 is 19.4 Å². The van der Waals surface area contributed by atoms with Gasteiger partial charge in [-0.3, -0.25) is 4.90 Å². The molecule has 0 saturated carbocycles. The van der Waals surface area contributed by atoms with Gasteiger partial charge >= 0.3 is 5.97 Å². The SMILES string of the molecule is CC(C)(C)OC(=O)c1ccc(CN(CCCC(C)(C)[Si](C)(C)O)C(C)(C)CO)cc1. The molecule has 0 heterocycles. The second-order valence-electron chi connectivity index (χ2n) is 11.1. The highest BCUT2D eigenvalue weighted by molar-refractivity contribution is 6.72. The average Bonchev–Trinajstić information content (AvgIpc) is 2.58. The molecule has 1 aromatic carbocycles. The standard InChI is InChI=1S/C24H43NO4Si/c1-22(2,3)29-21(27)20-13-11-19(12-14-20)17-25(23(4,5)18-26)16-10-15-24(6,7)30(8,9)28/h11-14,26,28H,10,15-18H2,1-9H3. The van der Waals surface area contributed by atoms with E-state index in [1.807, 2.05) is 59.8 Å². The quantitative estimate of drug-likeness (QED) is 0.399. The van der Waals surface area contributed by atoms with Crippen molar-refractivity contribution in [1.82, 2.24) is 4.90 Å². The minimum atomic E-state index is -2.23. The van der Waals surface area contributed by atoms with E-state index >= 15 is 0 Å². The number of nitrogens with zero attached hydrogens (tertiary/aromatic N) is 1. The molecule has 0 saturated heterocycles. The summed E-state index contributed by atoms with van der Waals surface area (Å²) < 4.78 is 5.43. The van der Waals surface area contributed by atoms with Crippen LogP contribution in [0.25, 0.3) is 0 Å². The molecule has 0 spiro atoms. The Morgan fingerprint density at radius 2 is 1.57 bits per heavy atom. The maximum Gasteiger partial charge on any atom is 0.338 e. The summed E-state index contributed by atoms with van der Waals surface area (Å²) >= 11 is 0. The number of benzene rings is 1. The van der Waals surface area contributed by atoms with Crippen LogP contribution in [0.3, 0.4) is 0 Å². The number of hydrogen-bond donors (Lipinski definition) is 2. The largest absolute Gasteiger partial charge is 0.456 e. The van der Waals surface area contributed by atoms with Crippen molar-refractivity contribution in [3.05, 3.63) is 35.4 Å². The third kappa shape index (κ3) is 8.14. The maximum atomic E-state index is 12.2. The van der Waals surface area contributed by atoms with Gasteiger partial charge in [0.25, 0.3) is 0 Å². The zero-order valence-electron chi connectivity index (χ0n) is 20.5. The second kappa shape index (κ2) is 9.94. The van der Waals surface area contributed by atoms with Crippen molar-refractivity contribution in [2.75, 3.05) is 13.2 Å². The van der Waals surface area contributed by atoms with Gasteiger partial charge in [0.15, 0.2) is 8.32 Å². The number of ether oxygens (including phenoxy) is 1. The van der Waals surface area contributed by atoms with Gasteiger partial charge in [0.05, 0.1) is 12.2 Å². The predicted octanol–water partition coefficient (Wildman–Crippen LogP) is 4.97. The zero-order valence-corrected chi connectivity index (χ0v) is 21.5. The molecule has 6 heteroatoms. The van der Waals surface area contributed by atoms with Crippen LogP contribution in [0.5, 0.6) is 0 Å². The summed E-state index contributed by atoms with van der Waals surface area (Å²) in [6.45, 7) is 19.5. The fourth-order valence-corrected chi connectivity index (χ4v) is 3.81. The van der Waals surface area contributed by atoms with Gasteiger partial charge in [-0.1, -0.05) is 26.0 Å². The minimum Gasteiger partial charge on any atom is -0.456 e. The number of aliphatic hydroxyl groups is 1. The highest BCUT2D eigenvalue weighted by atomic mass is 28.4. The number of hydrogen-bond acceptors (Lipinski definition) is 5. The van der Waals surface area contributed by atoms with Crippen LogP contribution in [0.4, 0.5) is 0 Å². The summed E-state index contributed by atoms with van der Waals surface area (Å²) in [7, 11) is -2.23. The first kappa shape index (κ1) is 26.8. The smallest absolute Gasteiger partial charge is 0.338 e. The molecule has 0 atom stereocenters. The Morgan fingerprint density at radius 3 is 2.00 bits per heavy atom. The topological polar surface area (TPSA) is 70.0 Å². The van der Waals surface area contributed by atoms with Gasteiger partial charge in [0.2, 0.25) is 0 Å². The number of rotatable bonds is 10. The Kier molecular flexibility index (Phi) is 8.89. The Morgan fingerprint density at radius 1 is 1.03 bits per heavy atom. The fraction of sp³-hybridized carbons (Fsp3) is 0.708. The highest BCUT2D eigenvalue weighted by Gasteiger charge is 2.37. The van der Waals surface area contributed by atoms with E-state index in [1.54, 1.807) is 12.1 Å². The summed E-state index contributed by atoms with van der Waals surface area (Å²) in [6, 6.07) is 7.51. The third-order valence-corrected chi connectivity index (χ3v) is 9.65. The molecule has 0 aliphatic carbocycles. The Hall–Kier alpha value is -1.21. The summed E-state index contributed by atoms with van der Waals surface area (Å²) in [5.74, 6) is -0.320. The van der Waals surface area contributed by atoms with Crippen LogP contribution in [-0.2, 0) is 11.3 Å². The molecule has 0 aliphatic heterocycles. The zero-order chi connectivity index (χ0) is 23.4. The van der Waals surface area contributed by atoms with Gasteiger partial charge in [0, 0.05) is 12.1 Å². The lowest BCUT2D eigenvalue weighted by Gasteiger charge is -2.39. The van der Waals surface area contributed by atoms with E-state index in [-0.39, 0.29) is 23.2 Å². The molecule has 0 amide bonds.